The Balaban J connectivity index is 2.01. The van der Waals surface area contributed by atoms with Crippen molar-refractivity contribution in [2.24, 2.45) is 0 Å². The highest BCUT2D eigenvalue weighted by Gasteiger charge is 2.15. The number of benzene rings is 2. The van der Waals surface area contributed by atoms with E-state index in [1.54, 1.807) is 0 Å². The maximum atomic E-state index is 12.3. The van der Waals surface area contributed by atoms with Crippen molar-refractivity contribution in [1.29, 1.82) is 0 Å². The van der Waals surface area contributed by atoms with Crippen LogP contribution in [-0.2, 0) is 6.54 Å². The molecule has 0 aliphatic heterocycles. The molecule has 0 unspecified atom stereocenters. The third-order valence-electron chi connectivity index (χ3n) is 2.74. The average molecular weight is 330 g/mol. The number of ether oxygens (including phenoxy) is 2. The van der Waals surface area contributed by atoms with Crippen LogP contribution in [0.4, 0.5) is 23.2 Å². The van der Waals surface area contributed by atoms with Gasteiger partial charge < -0.3 is 14.9 Å². The molecule has 2 N–H and O–H groups in total. The lowest BCUT2D eigenvalue weighted by Gasteiger charge is -2.14. The Morgan fingerprint density at radius 1 is 0.826 bits per heavy atom. The van der Waals surface area contributed by atoms with Gasteiger partial charge in [-0.15, -0.1) is 0 Å². The predicted octanol–water partition coefficient (Wildman–Crippen LogP) is 4.01. The second kappa shape index (κ2) is 8.23. The van der Waals surface area contributed by atoms with Crippen LogP contribution < -0.4 is 20.3 Å². The molecule has 8 heteroatoms. The number of nitrogens with one attached hydrogen (secondary N) is 2. The third-order valence-corrected chi connectivity index (χ3v) is 2.74. The zero-order valence-electron chi connectivity index (χ0n) is 11.8. The van der Waals surface area contributed by atoms with E-state index < -0.39 is 24.7 Å². The summed E-state index contributed by atoms with van der Waals surface area (Å²) in [5.74, 6) is -0.889. The van der Waals surface area contributed by atoms with Crippen molar-refractivity contribution in [3.05, 3.63) is 54.1 Å². The van der Waals surface area contributed by atoms with Crippen LogP contribution in [0.15, 0.2) is 48.5 Å². The van der Waals surface area contributed by atoms with Gasteiger partial charge in [-0.2, -0.15) is 17.6 Å². The summed E-state index contributed by atoms with van der Waals surface area (Å²) in [5.41, 5.74) is 7.15. The smallest absolute Gasteiger partial charge is 0.387 e. The Bertz CT molecular complexity index is 612. The number of para-hydroxylation sites is 1. The van der Waals surface area contributed by atoms with Crippen LogP contribution in [0.5, 0.6) is 11.5 Å². The van der Waals surface area contributed by atoms with Crippen molar-refractivity contribution in [2.45, 2.75) is 19.8 Å². The summed E-state index contributed by atoms with van der Waals surface area (Å²) in [7, 11) is 0. The molecule has 0 fully saturated rings. The molecular weight excluding hydrogens is 316 g/mol. The highest BCUT2D eigenvalue weighted by atomic mass is 19.3. The van der Waals surface area contributed by atoms with Crippen molar-refractivity contribution in [2.75, 3.05) is 5.43 Å². The topological polar surface area (TPSA) is 42.5 Å². The van der Waals surface area contributed by atoms with Crippen LogP contribution >= 0.6 is 0 Å². The summed E-state index contributed by atoms with van der Waals surface area (Å²) < 4.78 is 57.5. The monoisotopic (exact) mass is 330 g/mol. The van der Waals surface area contributed by atoms with E-state index in [4.69, 9.17) is 0 Å². The van der Waals surface area contributed by atoms with Gasteiger partial charge in [0, 0.05) is 12.2 Å². The summed E-state index contributed by atoms with van der Waals surface area (Å²) in [5, 5.41) is 0. The summed E-state index contributed by atoms with van der Waals surface area (Å²) in [6.07, 6.45) is 0. The van der Waals surface area contributed by atoms with Gasteiger partial charge in [0.25, 0.3) is 0 Å². The summed E-state index contributed by atoms with van der Waals surface area (Å²) in [6.45, 7) is -6.01. The molecule has 0 atom stereocenters. The Labute approximate surface area is 130 Å². The lowest BCUT2D eigenvalue weighted by molar-refractivity contribution is -0.0692. The minimum Gasteiger partial charge on any atom is -0.431 e. The number of halogens is 4. The Morgan fingerprint density at radius 3 is 2.13 bits per heavy atom. The molecule has 23 heavy (non-hydrogen) atoms. The van der Waals surface area contributed by atoms with Gasteiger partial charge in [-0.3, -0.25) is 0 Å². The standard InChI is InChI=1S/C15H14F4N2O2/c16-14(17)22-12-7-6-10(8-13(12)23-15(18)19)9-20-21-11-4-2-1-3-5-11/h1-8,14-15,20-21H,9H2. The average Bonchev–Trinajstić information content (AvgIpc) is 2.50. The molecule has 0 aromatic heterocycles. The quantitative estimate of drug-likeness (QED) is 0.567. The molecule has 0 aliphatic carbocycles. The molecule has 0 saturated carbocycles. The van der Waals surface area contributed by atoms with E-state index in [0.717, 1.165) is 11.8 Å². The van der Waals surface area contributed by atoms with Crippen LogP contribution in [0, 0.1) is 0 Å². The van der Waals surface area contributed by atoms with Crippen molar-refractivity contribution in [1.82, 2.24) is 5.43 Å². The minimum atomic E-state index is -3.14. The first-order valence-corrected chi connectivity index (χ1v) is 6.61. The van der Waals surface area contributed by atoms with Gasteiger partial charge in [-0.1, -0.05) is 24.3 Å². The molecule has 2 aromatic carbocycles. The van der Waals surface area contributed by atoms with E-state index in [1.807, 2.05) is 30.3 Å². The molecule has 0 radical (unpaired) electrons. The molecule has 4 nitrogen and oxygen atoms in total. The number of anilines is 1. The number of hydrogen-bond donors (Lipinski definition) is 2. The Kier molecular flexibility index (Phi) is 6.04. The van der Waals surface area contributed by atoms with E-state index in [0.29, 0.717) is 5.56 Å². The molecule has 0 aliphatic rings. The molecule has 2 rings (SSSR count). The van der Waals surface area contributed by atoms with Gasteiger partial charge in [-0.05, 0) is 29.8 Å². The molecule has 2 aromatic rings. The molecule has 0 saturated heterocycles. The maximum absolute atomic E-state index is 12.3. The second-order valence-corrected chi connectivity index (χ2v) is 4.38. The van der Waals surface area contributed by atoms with Crippen molar-refractivity contribution in [3.63, 3.8) is 0 Å². The Hall–Kier alpha value is -2.48. The summed E-state index contributed by atoms with van der Waals surface area (Å²) >= 11 is 0. The van der Waals surface area contributed by atoms with E-state index in [9.17, 15) is 17.6 Å². The van der Waals surface area contributed by atoms with Crippen molar-refractivity contribution >= 4 is 5.69 Å². The second-order valence-electron chi connectivity index (χ2n) is 4.38. The highest BCUT2D eigenvalue weighted by molar-refractivity contribution is 5.44. The first kappa shape index (κ1) is 16.9. The summed E-state index contributed by atoms with van der Waals surface area (Å²) in [6, 6.07) is 13.0. The fourth-order valence-corrected chi connectivity index (χ4v) is 1.81. The first-order valence-electron chi connectivity index (χ1n) is 6.61. The zero-order chi connectivity index (χ0) is 16.7. The number of rotatable bonds is 8. The molecule has 0 heterocycles. The molecular formula is C15H14F4N2O2. The minimum absolute atomic E-state index is 0.253. The van der Waals surface area contributed by atoms with E-state index in [1.165, 1.54) is 12.1 Å². The molecule has 0 spiro atoms. The third kappa shape index (κ3) is 5.67. The van der Waals surface area contributed by atoms with Crippen molar-refractivity contribution < 1.29 is 27.0 Å². The fourth-order valence-electron chi connectivity index (χ4n) is 1.81. The molecule has 0 amide bonds. The van der Waals surface area contributed by atoms with Gasteiger partial charge in [0.2, 0.25) is 0 Å². The van der Waals surface area contributed by atoms with Crippen LogP contribution in [-0.4, -0.2) is 13.2 Å². The van der Waals surface area contributed by atoms with E-state index >= 15 is 0 Å². The van der Waals surface area contributed by atoms with Gasteiger partial charge >= 0.3 is 13.2 Å². The normalized spacial score (nSPS) is 10.9. The highest BCUT2D eigenvalue weighted by Crippen LogP contribution is 2.31. The van der Waals surface area contributed by atoms with Crippen LogP contribution in [0.25, 0.3) is 0 Å². The largest absolute Gasteiger partial charge is 0.431 e. The van der Waals surface area contributed by atoms with Gasteiger partial charge in [0.15, 0.2) is 11.5 Å². The van der Waals surface area contributed by atoms with E-state index in [-0.39, 0.29) is 6.54 Å². The molecule has 124 valence electrons. The van der Waals surface area contributed by atoms with Crippen LogP contribution in [0.3, 0.4) is 0 Å². The first-order chi connectivity index (χ1) is 11.0. The maximum Gasteiger partial charge on any atom is 0.387 e. The number of hydrazine groups is 1. The lowest BCUT2D eigenvalue weighted by Crippen LogP contribution is -2.20. The fraction of sp³-hybridized carbons (Fsp3) is 0.200. The van der Waals surface area contributed by atoms with Crippen LogP contribution in [0.1, 0.15) is 5.56 Å². The van der Waals surface area contributed by atoms with Gasteiger partial charge in [0.05, 0.1) is 0 Å². The molecule has 0 bridgehead atoms. The SMILES string of the molecule is FC(F)Oc1ccc(CNNc2ccccc2)cc1OC(F)F. The number of hydrogen-bond acceptors (Lipinski definition) is 4. The van der Waals surface area contributed by atoms with Gasteiger partial charge in [-0.25, -0.2) is 5.43 Å². The summed E-state index contributed by atoms with van der Waals surface area (Å²) in [4.78, 5) is 0. The predicted molar refractivity (Wildman–Crippen MR) is 76.6 cm³/mol. The van der Waals surface area contributed by atoms with Gasteiger partial charge in [0.1, 0.15) is 0 Å². The Morgan fingerprint density at radius 2 is 1.48 bits per heavy atom. The number of alkyl halides is 4. The van der Waals surface area contributed by atoms with Crippen LogP contribution in [0.2, 0.25) is 0 Å². The zero-order valence-corrected chi connectivity index (χ0v) is 11.8. The van der Waals surface area contributed by atoms with E-state index in [2.05, 4.69) is 20.3 Å². The lowest BCUT2D eigenvalue weighted by atomic mass is 10.2. The van der Waals surface area contributed by atoms with Crippen molar-refractivity contribution in [3.8, 4) is 11.5 Å².